The molecule has 1 heterocycles. The van der Waals surface area contributed by atoms with Crippen LogP contribution in [0.15, 0.2) is 18.2 Å². The van der Waals surface area contributed by atoms with Crippen molar-refractivity contribution in [3.8, 4) is 0 Å². The van der Waals surface area contributed by atoms with Gasteiger partial charge in [0.05, 0.1) is 17.9 Å². The van der Waals surface area contributed by atoms with Gasteiger partial charge in [0, 0.05) is 5.56 Å². The molecule has 0 bridgehead atoms. The monoisotopic (exact) mass is 293 g/mol. The topological polar surface area (TPSA) is 60.9 Å². The van der Waals surface area contributed by atoms with Crippen molar-refractivity contribution in [1.82, 2.24) is 9.78 Å². The first kappa shape index (κ1) is 15.2. The molecule has 0 saturated carbocycles. The lowest BCUT2D eigenvalue weighted by atomic mass is 10.0. The number of nitrogens with two attached hydrogens (primary N) is 1. The fourth-order valence-electron chi connectivity index (χ4n) is 2.26. The van der Waals surface area contributed by atoms with Gasteiger partial charge in [0.1, 0.15) is 5.69 Å². The summed E-state index contributed by atoms with van der Waals surface area (Å²) in [5, 5.41) is 4.10. The average Bonchev–Trinajstić information content (AvgIpc) is 2.79. The molecule has 0 radical (unpaired) electrons. The number of nitrogens with zero attached hydrogens (tertiary/aromatic N) is 2. The van der Waals surface area contributed by atoms with Crippen molar-refractivity contribution in [3.05, 3.63) is 46.8 Å². The zero-order valence-electron chi connectivity index (χ0n) is 11.9. The first-order valence-corrected chi connectivity index (χ1v) is 6.73. The number of hydrogen-bond donors (Lipinski definition) is 1. The molecule has 2 rings (SSSR count). The Morgan fingerprint density at radius 1 is 1.43 bits per heavy atom. The van der Waals surface area contributed by atoms with E-state index in [9.17, 15) is 13.6 Å². The number of halogens is 2. The quantitative estimate of drug-likeness (QED) is 0.862. The minimum Gasteiger partial charge on any atom is -0.395 e. The van der Waals surface area contributed by atoms with Gasteiger partial charge in [-0.25, -0.2) is 8.78 Å². The Morgan fingerprint density at radius 2 is 2.14 bits per heavy atom. The maximum Gasteiger partial charge on any atom is 0.172 e. The molecule has 1 aromatic heterocycles. The first-order valence-electron chi connectivity index (χ1n) is 6.73. The highest BCUT2D eigenvalue weighted by molar-refractivity contribution is 5.81. The van der Waals surface area contributed by atoms with Crippen LogP contribution in [0.4, 0.5) is 14.5 Å². The van der Waals surface area contributed by atoms with E-state index in [0.29, 0.717) is 17.7 Å². The van der Waals surface area contributed by atoms with Crippen molar-refractivity contribution in [2.45, 2.75) is 32.7 Å². The molecule has 0 aliphatic carbocycles. The second-order valence-electron chi connectivity index (χ2n) is 4.98. The number of nitrogen functional groups attached to an aromatic ring is 1. The molecule has 0 amide bonds. The third-order valence-electron chi connectivity index (χ3n) is 3.60. The molecule has 0 aliphatic heterocycles. The molecule has 112 valence electrons. The molecule has 2 aromatic rings. The number of aldehydes is 1. The number of benzene rings is 1. The zero-order valence-corrected chi connectivity index (χ0v) is 11.9. The smallest absolute Gasteiger partial charge is 0.172 e. The van der Waals surface area contributed by atoms with Gasteiger partial charge in [-0.1, -0.05) is 26.0 Å². The SMILES string of the molecule is CCC(C)c1c(N)c(C=O)nn1Cc1cccc(F)c1F. The normalized spacial score (nSPS) is 12.4. The van der Waals surface area contributed by atoms with Crippen LogP contribution < -0.4 is 5.73 Å². The third kappa shape index (κ3) is 2.79. The largest absolute Gasteiger partial charge is 0.395 e. The molecule has 0 aliphatic rings. The van der Waals surface area contributed by atoms with Gasteiger partial charge in [-0.05, 0) is 18.4 Å². The molecule has 0 spiro atoms. The summed E-state index contributed by atoms with van der Waals surface area (Å²) in [6, 6.07) is 3.98. The van der Waals surface area contributed by atoms with E-state index < -0.39 is 11.6 Å². The maximum absolute atomic E-state index is 13.8. The van der Waals surface area contributed by atoms with Crippen molar-refractivity contribution in [2.75, 3.05) is 5.73 Å². The van der Waals surface area contributed by atoms with Crippen molar-refractivity contribution >= 4 is 12.0 Å². The minimum atomic E-state index is -0.909. The van der Waals surface area contributed by atoms with Gasteiger partial charge in [0.2, 0.25) is 0 Å². The Hall–Kier alpha value is -2.24. The van der Waals surface area contributed by atoms with E-state index in [1.165, 1.54) is 16.8 Å². The predicted molar refractivity (Wildman–Crippen MR) is 76.2 cm³/mol. The molecule has 0 fully saturated rings. The van der Waals surface area contributed by atoms with Crippen molar-refractivity contribution in [3.63, 3.8) is 0 Å². The number of carbonyl (C=O) groups is 1. The van der Waals surface area contributed by atoms with Crippen molar-refractivity contribution in [1.29, 1.82) is 0 Å². The fraction of sp³-hybridized carbons (Fsp3) is 0.333. The molecule has 1 atom stereocenters. The summed E-state index contributed by atoms with van der Waals surface area (Å²) >= 11 is 0. The standard InChI is InChI=1S/C15H17F2N3O/c1-3-9(2)15-14(18)12(8-21)19-20(15)7-10-5-4-6-11(16)13(10)17/h4-6,8-9H,3,7,18H2,1-2H3. The van der Waals surface area contributed by atoms with Crippen molar-refractivity contribution in [2.24, 2.45) is 0 Å². The lowest BCUT2D eigenvalue weighted by Crippen LogP contribution is -2.11. The fourth-order valence-corrected chi connectivity index (χ4v) is 2.26. The van der Waals surface area contributed by atoms with Crippen LogP contribution in [-0.2, 0) is 6.54 Å². The molecule has 6 heteroatoms. The van der Waals surface area contributed by atoms with Crippen LogP contribution in [0.2, 0.25) is 0 Å². The van der Waals surface area contributed by atoms with Crippen molar-refractivity contribution < 1.29 is 13.6 Å². The molecule has 1 aromatic carbocycles. The Labute approximate surface area is 121 Å². The number of hydrogen-bond acceptors (Lipinski definition) is 3. The Morgan fingerprint density at radius 3 is 2.76 bits per heavy atom. The summed E-state index contributed by atoms with van der Waals surface area (Å²) in [6.07, 6.45) is 1.36. The van der Waals surface area contributed by atoms with Gasteiger partial charge in [0.15, 0.2) is 17.9 Å². The summed E-state index contributed by atoms with van der Waals surface area (Å²) in [7, 11) is 0. The van der Waals surface area contributed by atoms with Crippen LogP contribution in [0, 0.1) is 11.6 Å². The van der Waals surface area contributed by atoms with Crippen LogP contribution in [0.5, 0.6) is 0 Å². The van der Waals surface area contributed by atoms with E-state index in [0.717, 1.165) is 12.5 Å². The lowest BCUT2D eigenvalue weighted by molar-refractivity contribution is 0.111. The van der Waals surface area contributed by atoms with Crippen LogP contribution in [0.25, 0.3) is 0 Å². The Balaban J connectivity index is 2.48. The van der Waals surface area contributed by atoms with E-state index in [1.54, 1.807) is 0 Å². The van der Waals surface area contributed by atoms with Crippen LogP contribution in [-0.4, -0.2) is 16.1 Å². The second kappa shape index (κ2) is 6.03. The third-order valence-corrected chi connectivity index (χ3v) is 3.60. The van der Waals surface area contributed by atoms with E-state index in [2.05, 4.69) is 5.10 Å². The van der Waals surface area contributed by atoms with Gasteiger partial charge in [-0.15, -0.1) is 0 Å². The predicted octanol–water partition coefficient (Wildman–Crippen LogP) is 3.12. The molecule has 1 unspecified atom stereocenters. The van der Waals surface area contributed by atoms with Gasteiger partial charge in [-0.3, -0.25) is 9.48 Å². The first-order chi connectivity index (χ1) is 9.99. The summed E-state index contributed by atoms with van der Waals surface area (Å²) in [4.78, 5) is 11.0. The summed E-state index contributed by atoms with van der Waals surface area (Å²) < 4.78 is 28.5. The maximum atomic E-state index is 13.8. The molecule has 21 heavy (non-hydrogen) atoms. The number of carbonyl (C=O) groups excluding carboxylic acids is 1. The van der Waals surface area contributed by atoms with Crippen LogP contribution in [0.1, 0.15) is 47.9 Å². The second-order valence-corrected chi connectivity index (χ2v) is 4.98. The van der Waals surface area contributed by atoms with Gasteiger partial charge in [-0.2, -0.15) is 5.10 Å². The van der Waals surface area contributed by atoms with E-state index >= 15 is 0 Å². The van der Waals surface area contributed by atoms with Gasteiger partial charge in [0.25, 0.3) is 0 Å². The summed E-state index contributed by atoms with van der Waals surface area (Å²) in [6.45, 7) is 3.95. The van der Waals surface area contributed by atoms with Crippen LogP contribution >= 0.6 is 0 Å². The zero-order chi connectivity index (χ0) is 15.6. The highest BCUT2D eigenvalue weighted by Crippen LogP contribution is 2.28. The molecule has 2 N–H and O–H groups in total. The summed E-state index contributed by atoms with van der Waals surface area (Å²) in [5.41, 5.74) is 7.20. The number of anilines is 1. The Kier molecular flexibility index (Phi) is 4.35. The van der Waals surface area contributed by atoms with E-state index in [-0.39, 0.29) is 23.7 Å². The number of aromatic nitrogens is 2. The van der Waals surface area contributed by atoms with Gasteiger partial charge < -0.3 is 5.73 Å². The highest BCUT2D eigenvalue weighted by atomic mass is 19.2. The van der Waals surface area contributed by atoms with Crippen LogP contribution in [0.3, 0.4) is 0 Å². The number of rotatable bonds is 5. The molecular formula is C15H17F2N3O. The van der Waals surface area contributed by atoms with Gasteiger partial charge >= 0.3 is 0 Å². The summed E-state index contributed by atoms with van der Waals surface area (Å²) in [5.74, 6) is -1.76. The minimum absolute atomic E-state index is 0.0291. The van der Waals surface area contributed by atoms with E-state index in [4.69, 9.17) is 5.73 Å². The molecule has 4 nitrogen and oxygen atoms in total. The lowest BCUT2D eigenvalue weighted by Gasteiger charge is -2.14. The highest BCUT2D eigenvalue weighted by Gasteiger charge is 2.20. The molecular weight excluding hydrogens is 276 g/mol. The average molecular weight is 293 g/mol. The molecule has 0 saturated heterocycles. The van der Waals surface area contributed by atoms with E-state index in [1.807, 2.05) is 13.8 Å². The Bertz CT molecular complexity index is 667.